The van der Waals surface area contributed by atoms with Crippen LogP contribution >= 0.6 is 36.6 Å². The van der Waals surface area contributed by atoms with Crippen molar-refractivity contribution >= 4 is 42.6 Å². The number of thioether (sulfide) groups is 1. The van der Waals surface area contributed by atoms with Gasteiger partial charge < -0.3 is 11.1 Å². The average Bonchev–Trinajstić information content (AvgIpc) is 2.92. The van der Waals surface area contributed by atoms with Gasteiger partial charge in [0.25, 0.3) is 0 Å². The molecular weight excluding hydrogens is 350 g/mol. The molecule has 1 atom stereocenters. The highest BCUT2D eigenvalue weighted by Crippen LogP contribution is 2.28. The molecule has 9 heteroatoms. The number of hydrogen-bond acceptors (Lipinski definition) is 4. The van der Waals surface area contributed by atoms with Crippen molar-refractivity contribution in [2.75, 3.05) is 6.54 Å². The Balaban J connectivity index is 0.00000220. The van der Waals surface area contributed by atoms with Crippen LogP contribution in [0.4, 0.5) is 9.18 Å². The summed E-state index contributed by atoms with van der Waals surface area (Å²) in [4.78, 5) is 17.6. The van der Waals surface area contributed by atoms with Crippen molar-refractivity contribution in [1.82, 2.24) is 15.2 Å². The third-order valence-electron chi connectivity index (χ3n) is 2.90. The average molecular weight is 369 g/mol. The number of rotatable bonds is 5. The minimum Gasteiger partial charge on any atom is -0.332 e. The Bertz CT molecular complexity index is 507. The van der Waals surface area contributed by atoms with Gasteiger partial charge in [-0.25, -0.2) is 9.18 Å². The van der Waals surface area contributed by atoms with Crippen LogP contribution in [-0.2, 0) is 6.54 Å². The number of nitrogens with one attached hydrogen (secondary N) is 1. The van der Waals surface area contributed by atoms with Gasteiger partial charge in [-0.2, -0.15) is 0 Å². The summed E-state index contributed by atoms with van der Waals surface area (Å²) in [6, 6.07) is 2.59. The maximum absolute atomic E-state index is 13.4. The molecule has 0 bridgehead atoms. The van der Waals surface area contributed by atoms with Crippen molar-refractivity contribution in [3.8, 4) is 0 Å². The molecule has 1 aliphatic heterocycles. The number of nitrogens with two attached hydrogens (primary N) is 1. The summed E-state index contributed by atoms with van der Waals surface area (Å²) in [7, 11) is 0. The van der Waals surface area contributed by atoms with E-state index in [4.69, 9.17) is 5.73 Å². The Morgan fingerprint density at radius 2 is 2.27 bits per heavy atom. The van der Waals surface area contributed by atoms with Gasteiger partial charge in [0.2, 0.25) is 0 Å². The van der Waals surface area contributed by atoms with Crippen LogP contribution in [0.2, 0.25) is 0 Å². The van der Waals surface area contributed by atoms with E-state index in [2.05, 4.69) is 10.3 Å². The van der Waals surface area contributed by atoms with E-state index in [1.54, 1.807) is 22.9 Å². The van der Waals surface area contributed by atoms with Gasteiger partial charge in [-0.05, 0) is 36.9 Å². The minimum absolute atomic E-state index is 0. The van der Waals surface area contributed by atoms with Crippen LogP contribution in [0.1, 0.15) is 18.5 Å². The van der Waals surface area contributed by atoms with E-state index in [9.17, 15) is 9.18 Å². The number of carbonyl (C=O) groups is 1. The summed E-state index contributed by atoms with van der Waals surface area (Å²) in [5, 5.41) is 4.62. The summed E-state index contributed by atoms with van der Waals surface area (Å²) in [5.74, 6) is -0.418. The number of urea groups is 1. The Hall–Kier alpha value is -1.02. The lowest BCUT2D eigenvalue weighted by Gasteiger charge is -2.23. The molecule has 124 valence electrons. The van der Waals surface area contributed by atoms with Crippen LogP contribution in [0, 0.1) is 5.82 Å². The van der Waals surface area contributed by atoms with Gasteiger partial charge in [0.1, 0.15) is 5.82 Å². The summed E-state index contributed by atoms with van der Waals surface area (Å²) in [5.41, 5.74) is 5.71. The maximum atomic E-state index is 13.4. The highest BCUT2D eigenvalue weighted by atomic mass is 35.5. The van der Waals surface area contributed by atoms with Gasteiger partial charge in [0, 0.05) is 12.4 Å². The topological polar surface area (TPSA) is 71.2 Å². The Morgan fingerprint density at radius 1 is 1.50 bits per heavy atom. The predicted octanol–water partition coefficient (Wildman–Crippen LogP) is 2.86. The van der Waals surface area contributed by atoms with Crippen molar-refractivity contribution in [3.05, 3.63) is 41.4 Å². The molecule has 0 saturated heterocycles. The first-order valence-electron chi connectivity index (χ1n) is 6.40. The molecular formula is C13H19Cl2FN4OS. The fourth-order valence-electron chi connectivity index (χ4n) is 1.85. The molecule has 2 rings (SSSR count). The highest BCUT2D eigenvalue weighted by molar-refractivity contribution is 8.02. The van der Waals surface area contributed by atoms with Gasteiger partial charge in [0.15, 0.2) is 0 Å². The van der Waals surface area contributed by atoms with Crippen LogP contribution < -0.4 is 11.1 Å². The minimum atomic E-state index is -0.418. The first-order chi connectivity index (χ1) is 9.72. The lowest BCUT2D eigenvalue weighted by atomic mass is 10.3. The van der Waals surface area contributed by atoms with Gasteiger partial charge in [-0.15, -0.1) is 36.6 Å². The first-order valence-corrected chi connectivity index (χ1v) is 7.34. The fourth-order valence-corrected chi connectivity index (χ4v) is 2.83. The Morgan fingerprint density at radius 3 is 2.95 bits per heavy atom. The van der Waals surface area contributed by atoms with Crippen LogP contribution in [-0.4, -0.2) is 27.8 Å². The molecule has 1 aliphatic rings. The molecule has 3 N–H and O–H groups in total. The highest BCUT2D eigenvalue weighted by Gasteiger charge is 2.25. The molecule has 0 radical (unpaired) electrons. The molecule has 1 aromatic rings. The maximum Gasteiger partial charge on any atom is 0.322 e. The second kappa shape index (κ2) is 10.7. The number of aromatic nitrogens is 1. The second-order valence-electron chi connectivity index (χ2n) is 4.30. The van der Waals surface area contributed by atoms with E-state index in [0.29, 0.717) is 6.54 Å². The summed E-state index contributed by atoms with van der Waals surface area (Å²) in [6.07, 6.45) is 4.92. The summed E-state index contributed by atoms with van der Waals surface area (Å²) >= 11 is 1.58. The van der Waals surface area contributed by atoms with Crippen LogP contribution in [0.25, 0.3) is 0 Å². The molecule has 1 unspecified atom stereocenters. The second-order valence-corrected chi connectivity index (χ2v) is 5.39. The third-order valence-corrected chi connectivity index (χ3v) is 3.95. The standard InChI is InChI=1S/C13H17FN4OS.2ClH/c14-10-3-2-6-16-11(10)9-17-13(19)18-7-8-20-12(18)4-1-5-15;;/h2-3,6-8,12H,1,4-5,9,15H2,(H,17,19);2*1H. The molecule has 0 fully saturated rings. The van der Waals surface area contributed by atoms with Gasteiger partial charge in [0.05, 0.1) is 17.6 Å². The molecule has 1 aromatic heterocycles. The molecule has 0 aromatic carbocycles. The van der Waals surface area contributed by atoms with Crippen molar-refractivity contribution in [1.29, 1.82) is 0 Å². The van der Waals surface area contributed by atoms with Crippen molar-refractivity contribution < 1.29 is 9.18 Å². The molecule has 0 spiro atoms. The number of pyridine rings is 1. The zero-order chi connectivity index (χ0) is 14.4. The zero-order valence-electron chi connectivity index (χ0n) is 11.8. The van der Waals surface area contributed by atoms with Crippen molar-refractivity contribution in [3.63, 3.8) is 0 Å². The third kappa shape index (κ3) is 5.64. The van der Waals surface area contributed by atoms with Crippen LogP contribution in [0.3, 0.4) is 0 Å². The number of nitrogens with zero attached hydrogens (tertiary/aromatic N) is 2. The SMILES string of the molecule is Cl.Cl.NCCCC1SC=CN1C(=O)NCc1ncccc1F. The summed E-state index contributed by atoms with van der Waals surface area (Å²) < 4.78 is 13.4. The van der Waals surface area contributed by atoms with E-state index in [1.165, 1.54) is 18.3 Å². The van der Waals surface area contributed by atoms with E-state index >= 15 is 0 Å². The fraction of sp³-hybridized carbons (Fsp3) is 0.385. The number of halogens is 3. The van der Waals surface area contributed by atoms with Gasteiger partial charge in [-0.3, -0.25) is 9.88 Å². The lowest BCUT2D eigenvalue weighted by Crippen LogP contribution is -2.39. The molecule has 5 nitrogen and oxygen atoms in total. The Labute approximate surface area is 145 Å². The largest absolute Gasteiger partial charge is 0.332 e. The number of hydrogen-bond donors (Lipinski definition) is 2. The predicted molar refractivity (Wildman–Crippen MR) is 91.6 cm³/mol. The summed E-state index contributed by atoms with van der Waals surface area (Å²) in [6.45, 7) is 0.676. The van der Waals surface area contributed by atoms with E-state index in [1.807, 2.05) is 5.41 Å². The quantitative estimate of drug-likeness (QED) is 0.837. The van der Waals surface area contributed by atoms with Crippen molar-refractivity contribution in [2.24, 2.45) is 5.73 Å². The van der Waals surface area contributed by atoms with E-state index in [0.717, 1.165) is 12.8 Å². The smallest absolute Gasteiger partial charge is 0.322 e. The van der Waals surface area contributed by atoms with Crippen molar-refractivity contribution in [2.45, 2.75) is 24.8 Å². The van der Waals surface area contributed by atoms with Crippen LogP contribution in [0.5, 0.6) is 0 Å². The van der Waals surface area contributed by atoms with Gasteiger partial charge in [-0.1, -0.05) is 0 Å². The van der Waals surface area contributed by atoms with E-state index < -0.39 is 5.82 Å². The number of amides is 2. The van der Waals surface area contributed by atoms with Gasteiger partial charge >= 0.3 is 6.03 Å². The molecule has 2 heterocycles. The molecule has 0 aliphatic carbocycles. The first kappa shape index (κ1) is 21.0. The monoisotopic (exact) mass is 368 g/mol. The lowest BCUT2D eigenvalue weighted by molar-refractivity contribution is 0.211. The molecule has 2 amide bonds. The molecule has 0 saturated carbocycles. The number of carbonyl (C=O) groups excluding carboxylic acids is 1. The Kier molecular flexibility index (Phi) is 10.2. The van der Waals surface area contributed by atoms with E-state index in [-0.39, 0.29) is 48.5 Å². The molecule has 22 heavy (non-hydrogen) atoms. The van der Waals surface area contributed by atoms with Crippen LogP contribution in [0.15, 0.2) is 29.9 Å². The zero-order valence-corrected chi connectivity index (χ0v) is 14.2. The normalized spacial score (nSPS) is 15.9.